The number of halogens is 2. The van der Waals surface area contributed by atoms with E-state index in [1.807, 2.05) is 32.6 Å². The third-order valence-electron chi connectivity index (χ3n) is 3.56. The summed E-state index contributed by atoms with van der Waals surface area (Å²) in [5.74, 6) is -0.906. The minimum Gasteiger partial charge on any atom is -0.352 e. The Balaban J connectivity index is 2.65. The van der Waals surface area contributed by atoms with Gasteiger partial charge < -0.3 is 4.90 Å². The number of benzene rings is 2. The van der Waals surface area contributed by atoms with Crippen LogP contribution in [0.15, 0.2) is 30.3 Å². The smallest absolute Gasteiger partial charge is 0.134 e. The fourth-order valence-corrected chi connectivity index (χ4v) is 2.78. The third kappa shape index (κ3) is 2.75. The Bertz CT molecular complexity index is 662. The molecule has 2 aromatic carbocycles. The maximum Gasteiger partial charge on any atom is 0.134 e. The van der Waals surface area contributed by atoms with Crippen molar-refractivity contribution in [2.24, 2.45) is 0 Å². The van der Waals surface area contributed by atoms with E-state index in [-0.39, 0.29) is 23.3 Å². The SMILES string of the molecule is CC(C)N(C(=N)c1ccc(F)c2c(F)cccc12)C(C)C. The number of hydrogen-bond donors (Lipinski definition) is 1. The molecule has 0 radical (unpaired) electrons. The second-order valence-corrected chi connectivity index (χ2v) is 5.70. The zero-order valence-corrected chi connectivity index (χ0v) is 12.7. The quantitative estimate of drug-likeness (QED) is 0.651. The Kier molecular flexibility index (Phi) is 4.26. The van der Waals surface area contributed by atoms with Crippen molar-refractivity contribution in [2.45, 2.75) is 39.8 Å². The molecule has 21 heavy (non-hydrogen) atoms. The first-order valence-corrected chi connectivity index (χ1v) is 7.08. The zero-order valence-electron chi connectivity index (χ0n) is 12.7. The lowest BCUT2D eigenvalue weighted by Gasteiger charge is -2.33. The maximum absolute atomic E-state index is 13.9. The second-order valence-electron chi connectivity index (χ2n) is 5.70. The summed E-state index contributed by atoms with van der Waals surface area (Å²) in [7, 11) is 0. The molecule has 0 fully saturated rings. The number of nitrogens with zero attached hydrogens (tertiary/aromatic N) is 1. The summed E-state index contributed by atoms with van der Waals surface area (Å²) < 4.78 is 27.8. The van der Waals surface area contributed by atoms with E-state index in [2.05, 4.69) is 0 Å². The molecule has 0 aliphatic rings. The molecule has 0 spiro atoms. The summed E-state index contributed by atoms with van der Waals surface area (Å²) in [6.45, 7) is 8.00. The molecule has 0 saturated carbocycles. The molecule has 0 bridgehead atoms. The van der Waals surface area contributed by atoms with Gasteiger partial charge in [-0.2, -0.15) is 0 Å². The van der Waals surface area contributed by atoms with Crippen LogP contribution < -0.4 is 0 Å². The van der Waals surface area contributed by atoms with Crippen molar-refractivity contribution in [1.29, 1.82) is 5.41 Å². The molecule has 2 nitrogen and oxygen atoms in total. The van der Waals surface area contributed by atoms with Crippen molar-refractivity contribution in [3.8, 4) is 0 Å². The van der Waals surface area contributed by atoms with Gasteiger partial charge in [0.1, 0.15) is 17.5 Å². The first-order chi connectivity index (χ1) is 9.84. The van der Waals surface area contributed by atoms with Gasteiger partial charge in [-0.05, 0) is 51.3 Å². The van der Waals surface area contributed by atoms with Crippen molar-refractivity contribution in [3.05, 3.63) is 47.5 Å². The lowest BCUT2D eigenvalue weighted by molar-refractivity contribution is 0.291. The van der Waals surface area contributed by atoms with E-state index in [1.54, 1.807) is 18.2 Å². The highest BCUT2D eigenvalue weighted by atomic mass is 19.1. The average molecular weight is 290 g/mol. The summed E-state index contributed by atoms with van der Waals surface area (Å²) in [5.41, 5.74) is 0.549. The second kappa shape index (κ2) is 5.80. The van der Waals surface area contributed by atoms with Crippen LogP contribution in [0, 0.1) is 17.0 Å². The summed E-state index contributed by atoms with van der Waals surface area (Å²) in [5, 5.41) is 8.84. The van der Waals surface area contributed by atoms with Crippen molar-refractivity contribution in [1.82, 2.24) is 4.90 Å². The lowest BCUT2D eigenvalue weighted by atomic mass is 10.0. The highest BCUT2D eigenvalue weighted by Gasteiger charge is 2.21. The molecule has 4 heteroatoms. The van der Waals surface area contributed by atoms with Gasteiger partial charge in [0.05, 0.1) is 5.39 Å². The molecule has 0 unspecified atom stereocenters. The van der Waals surface area contributed by atoms with Gasteiger partial charge in [-0.3, -0.25) is 5.41 Å². The molecule has 0 aliphatic carbocycles. The van der Waals surface area contributed by atoms with E-state index in [1.165, 1.54) is 12.1 Å². The van der Waals surface area contributed by atoms with Crippen molar-refractivity contribution >= 4 is 16.6 Å². The van der Waals surface area contributed by atoms with E-state index in [0.29, 0.717) is 10.9 Å². The van der Waals surface area contributed by atoms with Gasteiger partial charge in [0.15, 0.2) is 0 Å². The number of nitrogens with one attached hydrogen (secondary N) is 1. The minimum atomic E-state index is -0.597. The summed E-state index contributed by atoms with van der Waals surface area (Å²) in [6.07, 6.45) is 0. The standard InChI is InChI=1S/C17H20F2N2/c1-10(2)21(11(3)4)17(20)13-8-9-15(19)16-12(13)6-5-7-14(16)18/h5-11,20H,1-4H3. The van der Waals surface area contributed by atoms with Crippen LogP contribution in [0.5, 0.6) is 0 Å². The molecule has 112 valence electrons. The third-order valence-corrected chi connectivity index (χ3v) is 3.56. The molecular formula is C17H20F2N2. The average Bonchev–Trinajstić information content (AvgIpc) is 2.38. The van der Waals surface area contributed by atoms with Gasteiger partial charge in [0.2, 0.25) is 0 Å². The van der Waals surface area contributed by atoms with Crippen LogP contribution in [-0.4, -0.2) is 22.8 Å². The van der Waals surface area contributed by atoms with Gasteiger partial charge in [-0.15, -0.1) is 0 Å². The van der Waals surface area contributed by atoms with Crippen LogP contribution in [0.25, 0.3) is 10.8 Å². The molecule has 2 rings (SSSR count). The number of fused-ring (bicyclic) bond motifs is 1. The normalized spacial score (nSPS) is 11.4. The Morgan fingerprint density at radius 1 is 0.952 bits per heavy atom. The van der Waals surface area contributed by atoms with Crippen molar-refractivity contribution in [3.63, 3.8) is 0 Å². The van der Waals surface area contributed by atoms with Crippen LogP contribution in [-0.2, 0) is 0 Å². The molecule has 0 atom stereocenters. The van der Waals surface area contributed by atoms with E-state index in [4.69, 9.17) is 5.41 Å². The van der Waals surface area contributed by atoms with Crippen LogP contribution in [0.2, 0.25) is 0 Å². The Morgan fingerprint density at radius 3 is 2.10 bits per heavy atom. The summed E-state index contributed by atoms with van der Waals surface area (Å²) in [4.78, 5) is 1.93. The summed E-state index contributed by atoms with van der Waals surface area (Å²) in [6, 6.07) is 7.48. The molecule has 0 aliphatic heterocycles. The molecule has 0 saturated heterocycles. The van der Waals surface area contributed by atoms with Crippen molar-refractivity contribution in [2.75, 3.05) is 0 Å². The number of rotatable bonds is 3. The Labute approximate surface area is 123 Å². The molecule has 2 aromatic rings. The summed E-state index contributed by atoms with van der Waals surface area (Å²) >= 11 is 0. The minimum absolute atomic E-state index is 0.0489. The maximum atomic E-state index is 13.9. The molecular weight excluding hydrogens is 270 g/mol. The largest absolute Gasteiger partial charge is 0.352 e. The van der Waals surface area contributed by atoms with Crippen molar-refractivity contribution < 1.29 is 8.78 Å². The monoisotopic (exact) mass is 290 g/mol. The lowest BCUT2D eigenvalue weighted by Crippen LogP contribution is -2.42. The predicted molar refractivity (Wildman–Crippen MR) is 82.8 cm³/mol. The van der Waals surface area contributed by atoms with Gasteiger partial charge in [0.25, 0.3) is 0 Å². The fraction of sp³-hybridized carbons (Fsp3) is 0.353. The topological polar surface area (TPSA) is 27.1 Å². The van der Waals surface area contributed by atoms with Crippen LogP contribution in [0.3, 0.4) is 0 Å². The van der Waals surface area contributed by atoms with E-state index >= 15 is 0 Å². The zero-order chi connectivity index (χ0) is 15.7. The van der Waals surface area contributed by atoms with Crippen LogP contribution in [0.4, 0.5) is 8.78 Å². The highest BCUT2D eigenvalue weighted by Crippen LogP contribution is 2.26. The van der Waals surface area contributed by atoms with Gasteiger partial charge in [0, 0.05) is 17.6 Å². The Hall–Kier alpha value is -1.97. The number of amidine groups is 1. The van der Waals surface area contributed by atoms with Gasteiger partial charge >= 0.3 is 0 Å². The fourth-order valence-electron chi connectivity index (χ4n) is 2.78. The molecule has 0 heterocycles. The Morgan fingerprint density at radius 2 is 1.52 bits per heavy atom. The molecule has 0 amide bonds. The molecule has 1 N–H and O–H groups in total. The predicted octanol–water partition coefficient (Wildman–Crippen LogP) is 4.56. The van der Waals surface area contributed by atoms with Crippen LogP contribution >= 0.6 is 0 Å². The first kappa shape index (κ1) is 15.4. The van der Waals surface area contributed by atoms with Gasteiger partial charge in [-0.25, -0.2) is 8.78 Å². The number of hydrogen-bond acceptors (Lipinski definition) is 1. The first-order valence-electron chi connectivity index (χ1n) is 7.08. The van der Waals surface area contributed by atoms with E-state index in [9.17, 15) is 8.78 Å². The van der Waals surface area contributed by atoms with E-state index in [0.717, 1.165) is 0 Å². The van der Waals surface area contributed by atoms with Crippen LogP contribution in [0.1, 0.15) is 33.3 Å². The molecule has 0 aromatic heterocycles. The van der Waals surface area contributed by atoms with E-state index < -0.39 is 11.6 Å². The highest BCUT2D eigenvalue weighted by molar-refractivity contribution is 6.08. The van der Waals surface area contributed by atoms with Gasteiger partial charge in [-0.1, -0.05) is 12.1 Å².